The molecule has 10 heteroatoms. The lowest BCUT2D eigenvalue weighted by Crippen LogP contribution is -2.64. The maximum atomic E-state index is 13.2. The van der Waals surface area contributed by atoms with Crippen molar-refractivity contribution in [2.24, 2.45) is 11.7 Å². The molecule has 2 aliphatic heterocycles. The van der Waals surface area contributed by atoms with Gasteiger partial charge in [-0.3, -0.25) is 19.4 Å². The lowest BCUT2D eigenvalue weighted by atomic mass is 9.85. The van der Waals surface area contributed by atoms with Gasteiger partial charge in [-0.05, 0) is 30.4 Å². The lowest BCUT2D eigenvalue weighted by Gasteiger charge is -2.35. The van der Waals surface area contributed by atoms with Gasteiger partial charge in [-0.25, -0.2) is 8.42 Å². The fraction of sp³-hybridized carbons (Fsp3) is 0.636. The summed E-state index contributed by atoms with van der Waals surface area (Å²) < 4.78 is 27.4. The zero-order valence-electron chi connectivity index (χ0n) is 18.1. The topological polar surface area (TPSA) is 131 Å². The van der Waals surface area contributed by atoms with Crippen molar-refractivity contribution in [3.05, 3.63) is 30.1 Å². The van der Waals surface area contributed by atoms with E-state index in [9.17, 15) is 22.8 Å². The van der Waals surface area contributed by atoms with Gasteiger partial charge in [0.2, 0.25) is 15.9 Å². The van der Waals surface area contributed by atoms with Crippen molar-refractivity contribution in [1.82, 2.24) is 14.2 Å². The van der Waals surface area contributed by atoms with Gasteiger partial charge in [0.05, 0.1) is 18.3 Å². The average molecular weight is 463 g/mol. The van der Waals surface area contributed by atoms with Crippen LogP contribution in [0.3, 0.4) is 0 Å². The molecule has 3 heterocycles. The third kappa shape index (κ3) is 3.94. The summed E-state index contributed by atoms with van der Waals surface area (Å²) in [6, 6.07) is 2.31. The van der Waals surface area contributed by atoms with E-state index in [1.54, 1.807) is 18.3 Å². The molecule has 32 heavy (non-hydrogen) atoms. The Balaban J connectivity index is 1.55. The second kappa shape index (κ2) is 8.90. The number of ketones is 1. The summed E-state index contributed by atoms with van der Waals surface area (Å²) in [4.78, 5) is 44.1. The molecule has 9 nitrogen and oxygen atoms in total. The number of amides is 2. The first-order valence-corrected chi connectivity index (χ1v) is 12.9. The molecule has 1 aliphatic carbocycles. The van der Waals surface area contributed by atoms with Crippen molar-refractivity contribution >= 4 is 27.6 Å². The zero-order valence-corrected chi connectivity index (χ0v) is 18.9. The minimum absolute atomic E-state index is 0.141. The second-order valence-corrected chi connectivity index (χ2v) is 11.0. The molecule has 2 atom stereocenters. The van der Waals surface area contributed by atoms with Gasteiger partial charge in [0.1, 0.15) is 0 Å². The van der Waals surface area contributed by atoms with Crippen molar-refractivity contribution in [2.75, 3.05) is 13.1 Å². The maximum Gasteiger partial charge on any atom is 0.252 e. The number of sulfonamides is 1. The number of pyridine rings is 1. The van der Waals surface area contributed by atoms with E-state index < -0.39 is 39.8 Å². The molecule has 0 radical (unpaired) electrons. The molecule has 4 rings (SSSR count). The summed E-state index contributed by atoms with van der Waals surface area (Å²) >= 11 is 0. The predicted octanol–water partition coefficient (Wildman–Crippen LogP) is 0.982. The van der Waals surface area contributed by atoms with Gasteiger partial charge in [0.15, 0.2) is 11.3 Å². The molecule has 0 bridgehead atoms. The molecule has 1 aromatic heterocycles. The predicted molar refractivity (Wildman–Crippen MR) is 116 cm³/mol. The number of rotatable bonds is 7. The third-order valence-corrected chi connectivity index (χ3v) is 9.00. The van der Waals surface area contributed by atoms with Crippen LogP contribution < -0.4 is 5.73 Å². The fourth-order valence-electron chi connectivity index (χ4n) is 5.64. The standard InChI is InChI=1S/C22H30N4O5S/c23-21(29)22-18(10-12-25(22)20(28)9-8-16-5-2-1-3-6-16)26(14-19(22)27)32(30,31)15-17-7-4-11-24-13-17/h4,7,11,13,16,18H,1-3,5-6,8-10,12,14-15H2,(H2,23,29). The number of Topliss-reactive ketones (excluding diaryl/α,β-unsaturated/α-hetero) is 1. The lowest BCUT2D eigenvalue weighted by molar-refractivity contribution is -0.149. The number of nitrogens with zero attached hydrogens (tertiary/aromatic N) is 3. The Morgan fingerprint density at radius 2 is 1.94 bits per heavy atom. The highest BCUT2D eigenvalue weighted by Gasteiger charge is 2.68. The molecule has 1 aromatic rings. The SMILES string of the molecule is NC(=O)C12C(=O)CN(S(=O)(=O)Cc3cccnc3)C1CCN2C(=O)CCC1CCCCC1. The van der Waals surface area contributed by atoms with Crippen LogP contribution in [-0.4, -0.2) is 64.9 Å². The number of hydrogen-bond donors (Lipinski definition) is 1. The monoisotopic (exact) mass is 462 g/mol. The molecule has 2 amide bonds. The van der Waals surface area contributed by atoms with Crippen molar-refractivity contribution < 1.29 is 22.8 Å². The molecular weight excluding hydrogens is 432 g/mol. The molecule has 2 N–H and O–H groups in total. The number of carbonyl (C=O) groups is 3. The van der Waals surface area contributed by atoms with E-state index in [0.29, 0.717) is 17.9 Å². The van der Waals surface area contributed by atoms with Gasteiger partial charge in [-0.1, -0.05) is 38.2 Å². The summed E-state index contributed by atoms with van der Waals surface area (Å²) in [7, 11) is -3.92. The van der Waals surface area contributed by atoms with Gasteiger partial charge in [-0.15, -0.1) is 0 Å². The van der Waals surface area contributed by atoms with Crippen LogP contribution in [0.5, 0.6) is 0 Å². The molecule has 2 unspecified atom stereocenters. The Morgan fingerprint density at radius 1 is 1.19 bits per heavy atom. The molecule has 2 saturated heterocycles. The van der Waals surface area contributed by atoms with E-state index in [-0.39, 0.29) is 31.0 Å². The molecule has 3 aliphatic rings. The van der Waals surface area contributed by atoms with Gasteiger partial charge in [-0.2, -0.15) is 4.31 Å². The molecule has 3 fully saturated rings. The molecule has 174 valence electrons. The number of nitrogens with two attached hydrogens (primary N) is 1. The van der Waals surface area contributed by atoms with Gasteiger partial charge in [0, 0.05) is 25.4 Å². The third-order valence-electron chi connectivity index (χ3n) is 7.20. The van der Waals surface area contributed by atoms with Gasteiger partial charge >= 0.3 is 0 Å². The van der Waals surface area contributed by atoms with Crippen LogP contribution in [0.2, 0.25) is 0 Å². The normalized spacial score (nSPS) is 26.9. The first-order chi connectivity index (χ1) is 15.3. The average Bonchev–Trinajstić information content (AvgIpc) is 3.31. The largest absolute Gasteiger partial charge is 0.367 e. The van der Waals surface area contributed by atoms with Crippen LogP contribution in [0.15, 0.2) is 24.5 Å². The van der Waals surface area contributed by atoms with E-state index in [1.165, 1.54) is 17.5 Å². The quantitative estimate of drug-likeness (QED) is 0.601. The summed E-state index contributed by atoms with van der Waals surface area (Å²) in [6.07, 6.45) is 9.89. The molecule has 0 aromatic carbocycles. The Kier molecular flexibility index (Phi) is 6.35. The van der Waals surface area contributed by atoms with E-state index in [0.717, 1.165) is 30.0 Å². The van der Waals surface area contributed by atoms with Crippen molar-refractivity contribution in [3.63, 3.8) is 0 Å². The van der Waals surface area contributed by atoms with E-state index in [2.05, 4.69) is 4.98 Å². The number of carbonyl (C=O) groups excluding carboxylic acids is 3. The number of primary amides is 1. The highest BCUT2D eigenvalue weighted by Crippen LogP contribution is 2.42. The smallest absolute Gasteiger partial charge is 0.252 e. The summed E-state index contributed by atoms with van der Waals surface area (Å²) in [5.41, 5.74) is 4.27. The van der Waals surface area contributed by atoms with Gasteiger partial charge in [0.25, 0.3) is 5.91 Å². The minimum Gasteiger partial charge on any atom is -0.367 e. The minimum atomic E-state index is -3.92. The first kappa shape index (κ1) is 22.8. The van der Waals surface area contributed by atoms with Crippen LogP contribution in [0.4, 0.5) is 0 Å². The molecular formula is C22H30N4O5S. The maximum absolute atomic E-state index is 13.2. The van der Waals surface area contributed by atoms with Crippen LogP contribution in [0.1, 0.15) is 56.9 Å². The van der Waals surface area contributed by atoms with Crippen molar-refractivity contribution in [2.45, 2.75) is 68.7 Å². The number of fused-ring (bicyclic) bond motifs is 1. The van der Waals surface area contributed by atoms with E-state index in [4.69, 9.17) is 5.73 Å². The van der Waals surface area contributed by atoms with Crippen LogP contribution in [-0.2, 0) is 30.2 Å². The highest BCUT2D eigenvalue weighted by atomic mass is 32.2. The van der Waals surface area contributed by atoms with Gasteiger partial charge < -0.3 is 10.6 Å². The fourth-order valence-corrected chi connectivity index (χ4v) is 7.36. The zero-order chi connectivity index (χ0) is 22.9. The Labute approximate surface area is 188 Å². The molecule has 0 spiro atoms. The summed E-state index contributed by atoms with van der Waals surface area (Å²) in [6.45, 7) is -0.315. The van der Waals surface area contributed by atoms with E-state index in [1.807, 2.05) is 0 Å². The Bertz CT molecular complexity index is 993. The molecule has 1 saturated carbocycles. The first-order valence-electron chi connectivity index (χ1n) is 11.3. The highest BCUT2D eigenvalue weighted by molar-refractivity contribution is 7.88. The van der Waals surface area contributed by atoms with Crippen LogP contribution in [0.25, 0.3) is 0 Å². The second-order valence-electron chi connectivity index (χ2n) is 9.11. The number of aromatic nitrogens is 1. The summed E-state index contributed by atoms with van der Waals surface area (Å²) in [5, 5.41) is 0. The van der Waals surface area contributed by atoms with Crippen molar-refractivity contribution in [3.8, 4) is 0 Å². The Hall–Kier alpha value is -2.33. The van der Waals surface area contributed by atoms with Crippen molar-refractivity contribution in [1.29, 1.82) is 0 Å². The summed E-state index contributed by atoms with van der Waals surface area (Å²) in [5.74, 6) is -1.72. The van der Waals surface area contributed by atoms with E-state index >= 15 is 0 Å². The Morgan fingerprint density at radius 3 is 2.59 bits per heavy atom. The number of likely N-dealkylation sites (tertiary alicyclic amines) is 1. The van der Waals surface area contributed by atoms with Crippen LogP contribution in [0, 0.1) is 5.92 Å². The number of hydrogen-bond acceptors (Lipinski definition) is 6. The van der Waals surface area contributed by atoms with Crippen LogP contribution >= 0.6 is 0 Å².